The number of halogens is 2. The smallest absolute Gasteiger partial charge is 0.407 e. The largest absolute Gasteiger partial charge is 0.453 e. The fourth-order valence-electron chi connectivity index (χ4n) is 10.1. The quantitative estimate of drug-likeness (QED) is 0.242. The molecule has 4 saturated heterocycles. The van der Waals surface area contributed by atoms with Gasteiger partial charge in [-0.05, 0) is 143 Å². The number of piperidine rings is 1. The van der Waals surface area contributed by atoms with Gasteiger partial charge in [-0.2, -0.15) is 0 Å². The van der Waals surface area contributed by atoms with Crippen LogP contribution in [-0.2, 0) is 20.0 Å². The first-order valence-electron chi connectivity index (χ1n) is 20.2. The van der Waals surface area contributed by atoms with Crippen LogP contribution in [0.15, 0.2) is 82.6 Å². The van der Waals surface area contributed by atoms with Crippen LogP contribution in [0.1, 0.15) is 60.9 Å². The summed E-state index contributed by atoms with van der Waals surface area (Å²) >= 11 is 0. The molecule has 3 atom stereocenters. The van der Waals surface area contributed by atoms with Gasteiger partial charge in [-0.15, -0.1) is 0 Å². The van der Waals surface area contributed by atoms with E-state index in [1.165, 1.54) is 25.3 Å². The van der Waals surface area contributed by atoms with Gasteiger partial charge in [0.25, 0.3) is 5.91 Å². The Morgan fingerprint density at radius 3 is 2.09 bits per heavy atom. The number of alkyl carbamates (subject to hydrolysis) is 1. The number of hydrogen-bond acceptors (Lipinski definition) is 8. The first-order valence-corrected chi connectivity index (χ1v) is 21.7. The lowest BCUT2D eigenvalue weighted by Gasteiger charge is -2.54. The van der Waals surface area contributed by atoms with Gasteiger partial charge in [0.1, 0.15) is 5.82 Å². The molecule has 5 fully saturated rings. The molecule has 3 aromatic rings. The molecule has 4 aliphatic heterocycles. The van der Waals surface area contributed by atoms with Crippen molar-refractivity contribution in [3.8, 4) is 0 Å². The van der Waals surface area contributed by atoms with Gasteiger partial charge in [0.2, 0.25) is 9.84 Å². The molecule has 2 amide bonds. The van der Waals surface area contributed by atoms with E-state index in [4.69, 9.17) is 4.74 Å². The Balaban J connectivity index is 0.912. The standard InChI is InChI=1S/C43H53F2N5O5S/c1-55-41(52)46-39-9-3-8-38(39)43(30-47-20-4-21-47,33-6-2-7-34(44)26-33)32-18-24-48(25-19-32)27-42(45)28-50(29-42)35-12-16-37(17-13-35)56(53,54)36-14-10-31(11-15-36)40(51)49-22-5-23-49/h2,6-7,10-17,26,32,38-39H,3-5,8-9,18-25,27-30H2,1H3,(H,46,52)/t38-,39-,43?/m0/s1. The molecule has 1 unspecified atom stereocenters. The first-order chi connectivity index (χ1) is 27.0. The molecule has 10 nitrogen and oxygen atoms in total. The Bertz CT molecular complexity index is 2000. The number of carbonyl (C=O) groups is 2. The van der Waals surface area contributed by atoms with Gasteiger partial charge in [-0.25, -0.2) is 22.0 Å². The number of hydrogen-bond donors (Lipinski definition) is 1. The average Bonchev–Trinajstić information content (AvgIpc) is 3.61. The molecule has 56 heavy (non-hydrogen) atoms. The molecule has 1 aliphatic carbocycles. The van der Waals surface area contributed by atoms with Crippen LogP contribution in [0.25, 0.3) is 0 Å². The Labute approximate surface area is 329 Å². The molecule has 0 bridgehead atoms. The molecule has 1 saturated carbocycles. The summed E-state index contributed by atoms with van der Waals surface area (Å²) in [7, 11) is -2.40. The van der Waals surface area contributed by atoms with Crippen LogP contribution in [-0.4, -0.2) is 119 Å². The van der Waals surface area contributed by atoms with Crippen LogP contribution in [0.2, 0.25) is 0 Å². The summed E-state index contributed by atoms with van der Waals surface area (Å²) in [5.41, 5.74) is 0.457. The van der Waals surface area contributed by atoms with Crippen LogP contribution < -0.4 is 10.2 Å². The third kappa shape index (κ3) is 7.54. The molecule has 5 aliphatic rings. The SMILES string of the molecule is COC(=O)N[C@H]1CCC[C@@H]1C(CN1CCC1)(c1cccc(F)c1)C1CCN(CC2(F)CN(c3ccc(S(=O)(=O)c4ccc(C(=O)N5CCC5)cc4)cc3)C2)CC1. The fraction of sp³-hybridized carbons (Fsp3) is 0.535. The van der Waals surface area contributed by atoms with E-state index in [1.807, 2.05) is 11.0 Å². The van der Waals surface area contributed by atoms with E-state index >= 15 is 8.78 Å². The van der Waals surface area contributed by atoms with Crippen LogP contribution in [0.3, 0.4) is 0 Å². The molecule has 0 aromatic heterocycles. The Hall–Kier alpha value is -4.07. The number of benzene rings is 3. The van der Waals surface area contributed by atoms with Crippen molar-refractivity contribution in [3.63, 3.8) is 0 Å². The van der Waals surface area contributed by atoms with Crippen LogP contribution in [0.4, 0.5) is 19.3 Å². The third-order valence-corrected chi connectivity index (χ3v) is 15.1. The second-order valence-corrected chi connectivity index (χ2v) is 18.6. The maximum absolute atomic E-state index is 16.3. The summed E-state index contributed by atoms with van der Waals surface area (Å²) in [5.74, 6) is -0.00666. The Morgan fingerprint density at radius 1 is 0.839 bits per heavy atom. The third-order valence-electron chi connectivity index (χ3n) is 13.3. The lowest BCUT2D eigenvalue weighted by Crippen LogP contribution is -2.65. The van der Waals surface area contributed by atoms with E-state index in [-0.39, 0.29) is 57.9 Å². The van der Waals surface area contributed by atoms with Crippen molar-refractivity contribution in [2.45, 2.75) is 71.9 Å². The molecule has 3 aromatic carbocycles. The van der Waals surface area contributed by atoms with Gasteiger partial charge >= 0.3 is 6.09 Å². The van der Waals surface area contributed by atoms with Gasteiger partial charge in [-0.3, -0.25) is 9.69 Å². The highest BCUT2D eigenvalue weighted by atomic mass is 32.2. The van der Waals surface area contributed by atoms with E-state index in [0.29, 0.717) is 12.1 Å². The number of methoxy groups -OCH3 is 1. The van der Waals surface area contributed by atoms with E-state index in [9.17, 15) is 18.0 Å². The minimum Gasteiger partial charge on any atom is -0.453 e. The zero-order chi connectivity index (χ0) is 39.1. The van der Waals surface area contributed by atoms with Crippen molar-refractivity contribution < 1.29 is 31.5 Å². The molecule has 0 spiro atoms. The van der Waals surface area contributed by atoms with Gasteiger partial charge in [0.15, 0.2) is 5.67 Å². The molecule has 13 heteroatoms. The maximum atomic E-state index is 16.3. The van der Waals surface area contributed by atoms with Gasteiger partial charge in [-0.1, -0.05) is 18.6 Å². The summed E-state index contributed by atoms with van der Waals surface area (Å²) in [6.07, 6.45) is 6.15. The number of ether oxygens (including phenoxy) is 1. The molecule has 0 radical (unpaired) electrons. The maximum Gasteiger partial charge on any atom is 0.407 e. The summed E-state index contributed by atoms with van der Waals surface area (Å²) in [6, 6.07) is 19.7. The van der Waals surface area contributed by atoms with Crippen molar-refractivity contribution >= 4 is 27.5 Å². The monoisotopic (exact) mass is 789 g/mol. The second-order valence-electron chi connectivity index (χ2n) is 16.7. The zero-order valence-electron chi connectivity index (χ0n) is 32.2. The zero-order valence-corrected chi connectivity index (χ0v) is 33.0. The van der Waals surface area contributed by atoms with Crippen molar-refractivity contribution in [2.24, 2.45) is 11.8 Å². The highest BCUT2D eigenvalue weighted by molar-refractivity contribution is 7.91. The van der Waals surface area contributed by atoms with Crippen molar-refractivity contribution in [2.75, 3.05) is 77.5 Å². The van der Waals surface area contributed by atoms with E-state index < -0.39 is 21.6 Å². The minimum atomic E-state index is -3.79. The number of amides is 2. The highest BCUT2D eigenvalue weighted by Crippen LogP contribution is 2.51. The number of sulfone groups is 1. The number of nitrogens with one attached hydrogen (secondary N) is 1. The molecular weight excluding hydrogens is 737 g/mol. The van der Waals surface area contributed by atoms with Crippen LogP contribution in [0.5, 0.6) is 0 Å². The van der Waals surface area contributed by atoms with Gasteiger partial charge in [0.05, 0.1) is 30.0 Å². The number of nitrogens with zero attached hydrogens (tertiary/aromatic N) is 4. The van der Waals surface area contributed by atoms with Crippen LogP contribution in [0, 0.1) is 17.7 Å². The lowest BCUT2D eigenvalue weighted by atomic mass is 9.57. The van der Waals surface area contributed by atoms with Gasteiger partial charge in [0, 0.05) is 48.9 Å². The van der Waals surface area contributed by atoms with Crippen molar-refractivity contribution in [1.82, 2.24) is 20.0 Å². The lowest BCUT2D eigenvalue weighted by molar-refractivity contribution is 0.00584. The predicted molar refractivity (Wildman–Crippen MR) is 210 cm³/mol. The Kier molecular flexibility index (Phi) is 10.9. The molecule has 4 heterocycles. The summed E-state index contributed by atoms with van der Waals surface area (Å²) in [5, 5.41) is 3.14. The van der Waals surface area contributed by atoms with Crippen molar-refractivity contribution in [3.05, 3.63) is 89.7 Å². The molecule has 8 rings (SSSR count). The molecule has 300 valence electrons. The van der Waals surface area contributed by atoms with Crippen molar-refractivity contribution in [1.29, 1.82) is 0 Å². The normalized spacial score (nSPS) is 24.1. The summed E-state index contributed by atoms with van der Waals surface area (Å²) < 4.78 is 63.1. The number of anilines is 1. The summed E-state index contributed by atoms with van der Waals surface area (Å²) in [6.45, 7) is 6.49. The molecular formula is C43H53F2N5O5S. The first kappa shape index (κ1) is 38.8. The fourth-order valence-corrected chi connectivity index (χ4v) is 11.4. The predicted octanol–water partition coefficient (Wildman–Crippen LogP) is 5.91. The average molecular weight is 790 g/mol. The number of carbonyl (C=O) groups excluding carboxylic acids is 2. The summed E-state index contributed by atoms with van der Waals surface area (Å²) in [4.78, 5) is 33.7. The minimum absolute atomic E-state index is 0.0763. The Morgan fingerprint density at radius 2 is 1.50 bits per heavy atom. The van der Waals surface area contributed by atoms with E-state index in [1.54, 1.807) is 47.4 Å². The second kappa shape index (κ2) is 15.7. The number of alkyl halides is 1. The topological polar surface area (TPSA) is 102 Å². The van der Waals surface area contributed by atoms with Gasteiger partial charge < -0.3 is 24.8 Å². The number of rotatable bonds is 12. The molecule has 1 N–H and O–H groups in total. The van der Waals surface area contributed by atoms with E-state index in [0.717, 1.165) is 102 Å². The van der Waals surface area contributed by atoms with E-state index in [2.05, 4.69) is 21.2 Å². The highest BCUT2D eigenvalue weighted by Gasteiger charge is 2.54. The van der Waals surface area contributed by atoms with Crippen LogP contribution >= 0.6 is 0 Å². The number of likely N-dealkylation sites (tertiary alicyclic amines) is 3.